The number of hydrogen-bond donors (Lipinski definition) is 1. The fourth-order valence-electron chi connectivity index (χ4n) is 3.90. The van der Waals surface area contributed by atoms with Crippen molar-refractivity contribution in [1.82, 2.24) is 4.90 Å². The Hall–Kier alpha value is -0.860. The standard InChI is InChI=1S/C17H26N2/c18-13-17(9-5-1-2-6-10-17)14-19-11-15-7-3-4-8-16(15)12-19/h3-4,7-8H,1-2,5-6,9-14,18H2. The second-order valence-electron chi connectivity index (χ2n) is 6.53. The first-order valence-corrected chi connectivity index (χ1v) is 7.81. The Morgan fingerprint density at radius 3 is 2.05 bits per heavy atom. The molecule has 1 heterocycles. The number of benzene rings is 1. The van der Waals surface area contributed by atoms with Crippen LogP contribution in [0.4, 0.5) is 0 Å². The highest BCUT2D eigenvalue weighted by Gasteiger charge is 2.33. The molecule has 2 N–H and O–H groups in total. The van der Waals surface area contributed by atoms with Crippen LogP contribution in [0.25, 0.3) is 0 Å². The van der Waals surface area contributed by atoms with Crippen LogP contribution in [0.5, 0.6) is 0 Å². The van der Waals surface area contributed by atoms with Gasteiger partial charge < -0.3 is 5.73 Å². The maximum atomic E-state index is 6.16. The van der Waals surface area contributed by atoms with Crippen LogP contribution in [0, 0.1) is 5.41 Å². The van der Waals surface area contributed by atoms with Crippen molar-refractivity contribution in [2.24, 2.45) is 11.1 Å². The van der Waals surface area contributed by atoms with Crippen molar-refractivity contribution in [3.8, 4) is 0 Å². The summed E-state index contributed by atoms with van der Waals surface area (Å²) in [6.45, 7) is 4.30. The van der Waals surface area contributed by atoms with Gasteiger partial charge in [0.1, 0.15) is 0 Å². The molecule has 1 aromatic rings. The second-order valence-corrected chi connectivity index (χ2v) is 6.53. The third kappa shape index (κ3) is 2.85. The molecule has 0 saturated heterocycles. The molecule has 2 nitrogen and oxygen atoms in total. The average Bonchev–Trinajstić information content (AvgIpc) is 2.69. The summed E-state index contributed by atoms with van der Waals surface area (Å²) in [6.07, 6.45) is 8.21. The van der Waals surface area contributed by atoms with Gasteiger partial charge in [-0.2, -0.15) is 0 Å². The van der Waals surface area contributed by atoms with E-state index in [0.29, 0.717) is 5.41 Å². The Bertz CT molecular complexity index is 394. The zero-order valence-corrected chi connectivity index (χ0v) is 11.9. The van der Waals surface area contributed by atoms with Crippen LogP contribution < -0.4 is 5.73 Å². The highest BCUT2D eigenvalue weighted by Crippen LogP contribution is 2.36. The number of nitrogens with two attached hydrogens (primary N) is 1. The van der Waals surface area contributed by atoms with Crippen LogP contribution in [0.1, 0.15) is 49.7 Å². The summed E-state index contributed by atoms with van der Waals surface area (Å²) in [7, 11) is 0. The summed E-state index contributed by atoms with van der Waals surface area (Å²) < 4.78 is 0. The number of fused-ring (bicyclic) bond motifs is 1. The maximum Gasteiger partial charge on any atom is 0.0240 e. The molecular weight excluding hydrogens is 232 g/mol. The SMILES string of the molecule is NCC1(CN2Cc3ccccc3C2)CCCCCC1. The van der Waals surface area contributed by atoms with Gasteiger partial charge in [-0.25, -0.2) is 0 Å². The first-order chi connectivity index (χ1) is 9.31. The maximum absolute atomic E-state index is 6.16. The number of nitrogens with zero attached hydrogens (tertiary/aromatic N) is 1. The molecule has 0 aromatic heterocycles. The summed E-state index contributed by atoms with van der Waals surface area (Å²) in [5.41, 5.74) is 9.59. The predicted molar refractivity (Wildman–Crippen MR) is 79.7 cm³/mol. The van der Waals surface area contributed by atoms with Crippen LogP contribution in [0.2, 0.25) is 0 Å². The minimum atomic E-state index is 0.387. The second kappa shape index (κ2) is 5.64. The van der Waals surface area contributed by atoms with Gasteiger partial charge in [-0.3, -0.25) is 4.90 Å². The van der Waals surface area contributed by atoms with E-state index in [2.05, 4.69) is 29.2 Å². The fraction of sp³-hybridized carbons (Fsp3) is 0.647. The lowest BCUT2D eigenvalue weighted by molar-refractivity contribution is 0.135. The lowest BCUT2D eigenvalue weighted by atomic mass is 9.80. The van der Waals surface area contributed by atoms with E-state index in [9.17, 15) is 0 Å². The van der Waals surface area contributed by atoms with Gasteiger partial charge in [-0.05, 0) is 35.9 Å². The molecule has 0 amide bonds. The highest BCUT2D eigenvalue weighted by atomic mass is 15.1. The Morgan fingerprint density at radius 2 is 1.53 bits per heavy atom. The van der Waals surface area contributed by atoms with E-state index in [4.69, 9.17) is 5.73 Å². The summed E-state index contributed by atoms with van der Waals surface area (Å²) in [6, 6.07) is 8.87. The van der Waals surface area contributed by atoms with E-state index >= 15 is 0 Å². The van der Waals surface area contributed by atoms with Crippen LogP contribution in [0.3, 0.4) is 0 Å². The molecule has 1 fully saturated rings. The van der Waals surface area contributed by atoms with E-state index in [1.54, 1.807) is 0 Å². The zero-order valence-electron chi connectivity index (χ0n) is 11.9. The van der Waals surface area contributed by atoms with Crippen molar-refractivity contribution < 1.29 is 0 Å². The topological polar surface area (TPSA) is 29.3 Å². The molecule has 19 heavy (non-hydrogen) atoms. The average molecular weight is 258 g/mol. The van der Waals surface area contributed by atoms with Gasteiger partial charge in [-0.15, -0.1) is 0 Å². The molecule has 2 heteroatoms. The zero-order chi connectivity index (χ0) is 13.1. The van der Waals surface area contributed by atoms with Crippen molar-refractivity contribution >= 4 is 0 Å². The van der Waals surface area contributed by atoms with Gasteiger partial charge in [0.25, 0.3) is 0 Å². The van der Waals surface area contributed by atoms with Crippen molar-refractivity contribution in [1.29, 1.82) is 0 Å². The van der Waals surface area contributed by atoms with Gasteiger partial charge in [0.05, 0.1) is 0 Å². The molecule has 1 aromatic carbocycles. The van der Waals surface area contributed by atoms with Crippen LogP contribution in [0.15, 0.2) is 24.3 Å². The normalized spacial score (nSPS) is 23.0. The van der Waals surface area contributed by atoms with E-state index in [1.807, 2.05) is 0 Å². The lowest BCUT2D eigenvalue weighted by Gasteiger charge is -2.35. The Kier molecular flexibility index (Phi) is 3.90. The van der Waals surface area contributed by atoms with Gasteiger partial charge in [0, 0.05) is 19.6 Å². The Labute approximate surface area is 117 Å². The quantitative estimate of drug-likeness (QED) is 0.843. The fourth-order valence-corrected chi connectivity index (χ4v) is 3.90. The Morgan fingerprint density at radius 1 is 0.947 bits per heavy atom. The predicted octanol–water partition coefficient (Wildman–Crippen LogP) is 3.30. The van der Waals surface area contributed by atoms with Crippen LogP contribution >= 0.6 is 0 Å². The first-order valence-electron chi connectivity index (χ1n) is 7.81. The van der Waals surface area contributed by atoms with Gasteiger partial charge in [-0.1, -0.05) is 49.9 Å². The molecule has 104 valence electrons. The van der Waals surface area contributed by atoms with Crippen molar-refractivity contribution in [3.05, 3.63) is 35.4 Å². The molecule has 3 rings (SSSR count). The molecule has 1 aliphatic heterocycles. The minimum Gasteiger partial charge on any atom is -0.330 e. The van der Waals surface area contributed by atoms with Crippen LogP contribution in [-0.4, -0.2) is 18.0 Å². The van der Waals surface area contributed by atoms with Gasteiger partial charge in [0.15, 0.2) is 0 Å². The largest absolute Gasteiger partial charge is 0.330 e. The molecule has 1 aliphatic carbocycles. The number of rotatable bonds is 3. The third-order valence-corrected chi connectivity index (χ3v) is 5.06. The minimum absolute atomic E-state index is 0.387. The molecule has 2 aliphatic rings. The highest BCUT2D eigenvalue weighted by molar-refractivity contribution is 5.30. The third-order valence-electron chi connectivity index (χ3n) is 5.06. The molecule has 0 radical (unpaired) electrons. The number of hydrogen-bond acceptors (Lipinski definition) is 2. The first kappa shape index (κ1) is 13.1. The summed E-state index contributed by atoms with van der Waals surface area (Å²) >= 11 is 0. The summed E-state index contributed by atoms with van der Waals surface area (Å²) in [5.74, 6) is 0. The van der Waals surface area contributed by atoms with Crippen molar-refractivity contribution in [2.75, 3.05) is 13.1 Å². The van der Waals surface area contributed by atoms with Gasteiger partial charge in [0.2, 0.25) is 0 Å². The summed E-state index contributed by atoms with van der Waals surface area (Å²) in [5, 5.41) is 0. The molecule has 0 bridgehead atoms. The van der Waals surface area contributed by atoms with E-state index in [-0.39, 0.29) is 0 Å². The van der Waals surface area contributed by atoms with Crippen molar-refractivity contribution in [3.63, 3.8) is 0 Å². The summed E-state index contributed by atoms with van der Waals surface area (Å²) in [4.78, 5) is 2.61. The van der Waals surface area contributed by atoms with Gasteiger partial charge >= 0.3 is 0 Å². The molecular formula is C17H26N2. The molecule has 0 unspecified atom stereocenters. The van der Waals surface area contributed by atoms with Crippen molar-refractivity contribution in [2.45, 2.75) is 51.6 Å². The van der Waals surface area contributed by atoms with Crippen LogP contribution in [-0.2, 0) is 13.1 Å². The monoisotopic (exact) mass is 258 g/mol. The Balaban J connectivity index is 1.68. The van der Waals surface area contributed by atoms with E-state index in [0.717, 1.165) is 19.6 Å². The lowest BCUT2D eigenvalue weighted by Crippen LogP contribution is -2.40. The molecule has 0 atom stereocenters. The van der Waals surface area contributed by atoms with E-state index in [1.165, 1.54) is 56.2 Å². The van der Waals surface area contributed by atoms with E-state index < -0.39 is 0 Å². The molecule has 1 saturated carbocycles. The molecule has 0 spiro atoms. The smallest absolute Gasteiger partial charge is 0.0240 e.